The lowest BCUT2D eigenvalue weighted by molar-refractivity contribution is 0.0942. The molecule has 1 aromatic carbocycles. The lowest BCUT2D eigenvalue weighted by Crippen LogP contribution is -2.35. The summed E-state index contributed by atoms with van der Waals surface area (Å²) in [6.07, 6.45) is 3.07. The Balaban J connectivity index is 1.64. The first kappa shape index (κ1) is 14.8. The fraction of sp³-hybridized carbons (Fsp3) is 0.444. The van der Waals surface area contributed by atoms with Crippen LogP contribution in [0.25, 0.3) is 5.69 Å². The van der Waals surface area contributed by atoms with Crippen LogP contribution in [0, 0.1) is 12.8 Å². The third kappa shape index (κ3) is 2.67. The fourth-order valence-corrected chi connectivity index (χ4v) is 4.15. The van der Waals surface area contributed by atoms with E-state index in [1.54, 1.807) is 0 Å². The Labute approximate surface area is 140 Å². The largest absolute Gasteiger partial charge is 0.350 e. The number of fused-ring (bicyclic) bond motifs is 1. The van der Waals surface area contributed by atoms with Crippen LogP contribution in [0.3, 0.4) is 0 Å². The number of rotatable bonds is 4. The van der Waals surface area contributed by atoms with Crippen molar-refractivity contribution < 1.29 is 4.79 Å². The predicted octanol–water partition coefficient (Wildman–Crippen LogP) is 2.76. The van der Waals surface area contributed by atoms with Gasteiger partial charge < -0.3 is 5.32 Å². The maximum atomic E-state index is 12.6. The molecule has 0 radical (unpaired) electrons. The quantitative estimate of drug-likeness (QED) is 0.939. The van der Waals surface area contributed by atoms with E-state index in [0.717, 1.165) is 48.6 Å². The Bertz CT molecular complexity index is 749. The molecule has 4 nitrogen and oxygen atoms in total. The molecule has 1 fully saturated rings. The topological polar surface area (TPSA) is 46.9 Å². The molecule has 1 amide bonds. The van der Waals surface area contributed by atoms with Crippen molar-refractivity contribution >= 4 is 17.7 Å². The van der Waals surface area contributed by atoms with E-state index >= 15 is 0 Å². The molecular weight excluding hydrogens is 306 g/mol. The predicted molar refractivity (Wildman–Crippen MR) is 93.5 cm³/mol. The van der Waals surface area contributed by atoms with E-state index in [1.165, 1.54) is 11.3 Å². The Morgan fingerprint density at radius 2 is 2.17 bits per heavy atom. The molecule has 23 heavy (non-hydrogen) atoms. The minimum Gasteiger partial charge on any atom is -0.350 e. The number of amides is 1. The van der Waals surface area contributed by atoms with Gasteiger partial charge in [0.05, 0.1) is 5.69 Å². The Kier molecular flexibility index (Phi) is 3.89. The van der Waals surface area contributed by atoms with Crippen LogP contribution in [0.15, 0.2) is 24.3 Å². The Morgan fingerprint density at radius 1 is 1.35 bits per heavy atom. The molecule has 1 saturated heterocycles. The molecule has 0 bridgehead atoms. The standard InChI is InChI=1S/C18H21N3OS/c1-12-5-2-3-7-15(12)21-16-8-4-6-14(16)17(20-21)18(22)19-9-13-10-23-11-13/h2-3,5,7,13H,4,6,8-11H2,1H3,(H,19,22). The highest BCUT2D eigenvalue weighted by Crippen LogP contribution is 2.29. The zero-order valence-electron chi connectivity index (χ0n) is 13.3. The van der Waals surface area contributed by atoms with Crippen LogP contribution in [-0.2, 0) is 12.8 Å². The van der Waals surface area contributed by atoms with Gasteiger partial charge in [0.15, 0.2) is 5.69 Å². The molecule has 120 valence electrons. The number of hydrogen-bond acceptors (Lipinski definition) is 3. The van der Waals surface area contributed by atoms with Gasteiger partial charge in [0, 0.05) is 17.8 Å². The molecule has 1 aliphatic heterocycles. The second kappa shape index (κ2) is 6.04. The van der Waals surface area contributed by atoms with Gasteiger partial charge in [-0.1, -0.05) is 18.2 Å². The Morgan fingerprint density at radius 3 is 2.91 bits per heavy atom. The van der Waals surface area contributed by atoms with Crippen molar-refractivity contribution in [3.63, 3.8) is 0 Å². The molecule has 1 aliphatic carbocycles. The molecule has 4 rings (SSSR count). The number of thioether (sulfide) groups is 1. The van der Waals surface area contributed by atoms with Crippen LogP contribution < -0.4 is 5.32 Å². The number of aromatic nitrogens is 2. The van der Waals surface area contributed by atoms with E-state index in [9.17, 15) is 4.79 Å². The number of para-hydroxylation sites is 1. The van der Waals surface area contributed by atoms with Gasteiger partial charge in [-0.3, -0.25) is 4.79 Å². The molecule has 2 aliphatic rings. The number of hydrogen-bond donors (Lipinski definition) is 1. The van der Waals surface area contributed by atoms with Crippen LogP contribution in [-0.4, -0.2) is 33.7 Å². The lowest BCUT2D eigenvalue weighted by Gasteiger charge is -2.24. The van der Waals surface area contributed by atoms with Gasteiger partial charge in [0.2, 0.25) is 0 Å². The summed E-state index contributed by atoms with van der Waals surface area (Å²) in [5.41, 5.74) is 5.26. The zero-order valence-corrected chi connectivity index (χ0v) is 14.2. The second-order valence-corrected chi connectivity index (χ2v) is 7.51. The molecule has 0 atom stereocenters. The maximum absolute atomic E-state index is 12.6. The summed E-state index contributed by atoms with van der Waals surface area (Å²) in [5.74, 6) is 2.95. The third-order valence-corrected chi connectivity index (χ3v) is 6.16. The van der Waals surface area contributed by atoms with E-state index in [-0.39, 0.29) is 5.91 Å². The van der Waals surface area contributed by atoms with Crippen molar-refractivity contribution in [1.82, 2.24) is 15.1 Å². The van der Waals surface area contributed by atoms with Gasteiger partial charge in [0.25, 0.3) is 5.91 Å². The molecule has 0 saturated carbocycles. The second-order valence-electron chi connectivity index (χ2n) is 6.44. The average molecular weight is 327 g/mol. The van der Waals surface area contributed by atoms with Crippen molar-refractivity contribution in [2.24, 2.45) is 5.92 Å². The van der Waals surface area contributed by atoms with Crippen molar-refractivity contribution in [3.05, 3.63) is 46.8 Å². The highest BCUT2D eigenvalue weighted by molar-refractivity contribution is 8.00. The maximum Gasteiger partial charge on any atom is 0.272 e. The highest BCUT2D eigenvalue weighted by atomic mass is 32.2. The normalized spacial score (nSPS) is 16.9. The Hall–Kier alpha value is -1.75. The van der Waals surface area contributed by atoms with Gasteiger partial charge in [-0.25, -0.2) is 4.68 Å². The van der Waals surface area contributed by atoms with Gasteiger partial charge >= 0.3 is 0 Å². The van der Waals surface area contributed by atoms with Crippen molar-refractivity contribution in [2.45, 2.75) is 26.2 Å². The summed E-state index contributed by atoms with van der Waals surface area (Å²) in [6.45, 7) is 2.87. The number of carbonyl (C=O) groups excluding carboxylic acids is 1. The molecule has 0 spiro atoms. The summed E-state index contributed by atoms with van der Waals surface area (Å²) in [6, 6.07) is 8.23. The van der Waals surface area contributed by atoms with Gasteiger partial charge in [-0.05, 0) is 55.2 Å². The zero-order chi connectivity index (χ0) is 15.8. The van der Waals surface area contributed by atoms with E-state index in [2.05, 4.69) is 29.5 Å². The van der Waals surface area contributed by atoms with E-state index in [0.29, 0.717) is 11.6 Å². The monoisotopic (exact) mass is 327 g/mol. The smallest absolute Gasteiger partial charge is 0.272 e. The van der Waals surface area contributed by atoms with Gasteiger partial charge in [0.1, 0.15) is 0 Å². The number of nitrogens with zero attached hydrogens (tertiary/aromatic N) is 2. The number of aryl methyl sites for hydroxylation is 1. The average Bonchev–Trinajstić information content (AvgIpc) is 3.08. The minimum absolute atomic E-state index is 0.00705. The molecule has 2 aromatic rings. The van der Waals surface area contributed by atoms with Crippen LogP contribution in [0.2, 0.25) is 0 Å². The van der Waals surface area contributed by atoms with E-state index in [4.69, 9.17) is 0 Å². The van der Waals surface area contributed by atoms with E-state index in [1.807, 2.05) is 28.6 Å². The molecule has 0 unspecified atom stereocenters. The molecular formula is C18H21N3OS. The summed E-state index contributed by atoms with van der Waals surface area (Å²) < 4.78 is 1.99. The van der Waals surface area contributed by atoms with Crippen LogP contribution in [0.4, 0.5) is 0 Å². The van der Waals surface area contributed by atoms with Gasteiger partial charge in [-0.15, -0.1) is 0 Å². The highest BCUT2D eigenvalue weighted by Gasteiger charge is 2.28. The number of carbonyl (C=O) groups is 1. The summed E-state index contributed by atoms with van der Waals surface area (Å²) in [7, 11) is 0. The first-order valence-electron chi connectivity index (χ1n) is 8.27. The van der Waals surface area contributed by atoms with Crippen molar-refractivity contribution in [3.8, 4) is 5.69 Å². The first-order chi connectivity index (χ1) is 11.2. The van der Waals surface area contributed by atoms with Crippen LogP contribution in [0.5, 0.6) is 0 Å². The summed E-state index contributed by atoms with van der Waals surface area (Å²) in [4.78, 5) is 12.6. The fourth-order valence-electron chi connectivity index (χ4n) is 3.34. The summed E-state index contributed by atoms with van der Waals surface area (Å²) >= 11 is 1.94. The number of nitrogens with one attached hydrogen (secondary N) is 1. The van der Waals surface area contributed by atoms with Crippen LogP contribution in [0.1, 0.15) is 33.7 Å². The van der Waals surface area contributed by atoms with E-state index < -0.39 is 0 Å². The third-order valence-electron chi connectivity index (χ3n) is 4.75. The first-order valence-corrected chi connectivity index (χ1v) is 9.42. The lowest BCUT2D eigenvalue weighted by atomic mass is 10.1. The molecule has 2 heterocycles. The summed E-state index contributed by atoms with van der Waals surface area (Å²) in [5, 5.41) is 7.77. The molecule has 5 heteroatoms. The SMILES string of the molecule is Cc1ccccc1-n1nc(C(=O)NCC2CSC2)c2c1CCC2. The number of benzene rings is 1. The molecule has 1 aromatic heterocycles. The van der Waals surface area contributed by atoms with Crippen molar-refractivity contribution in [2.75, 3.05) is 18.1 Å². The van der Waals surface area contributed by atoms with Crippen LogP contribution >= 0.6 is 11.8 Å². The minimum atomic E-state index is -0.00705. The molecule has 1 N–H and O–H groups in total. The van der Waals surface area contributed by atoms with Gasteiger partial charge in [-0.2, -0.15) is 16.9 Å². The van der Waals surface area contributed by atoms with Crippen molar-refractivity contribution in [1.29, 1.82) is 0 Å².